The first-order valence-corrected chi connectivity index (χ1v) is 5.26. The maximum Gasteiger partial charge on any atom is 0.107 e. The molecule has 3 N–H and O–H groups in total. The second-order valence-electron chi connectivity index (χ2n) is 3.25. The van der Waals surface area contributed by atoms with E-state index in [0.717, 1.165) is 43.4 Å². The minimum absolute atomic E-state index is 0.810. The molecule has 0 amide bonds. The van der Waals surface area contributed by atoms with Gasteiger partial charge in [-0.3, -0.25) is 4.90 Å². The Hall–Kier alpha value is -0.650. The molecule has 1 aromatic heterocycles. The number of nitrogen functional groups attached to an aromatic ring is 1. The lowest BCUT2D eigenvalue weighted by Gasteiger charge is -2.26. The van der Waals surface area contributed by atoms with Crippen LogP contribution in [0, 0.1) is 0 Å². The van der Waals surface area contributed by atoms with Gasteiger partial charge >= 0.3 is 0 Å². The molecular weight excluding hydrogens is 184 g/mol. The van der Waals surface area contributed by atoms with Gasteiger partial charge in [-0.25, -0.2) is 0 Å². The Kier molecular flexibility index (Phi) is 2.77. The van der Waals surface area contributed by atoms with Crippen molar-refractivity contribution in [1.29, 1.82) is 0 Å². The summed E-state index contributed by atoms with van der Waals surface area (Å²) in [5, 5.41) is 4.13. The van der Waals surface area contributed by atoms with Crippen molar-refractivity contribution in [2.45, 2.75) is 6.54 Å². The van der Waals surface area contributed by atoms with E-state index in [9.17, 15) is 0 Å². The van der Waals surface area contributed by atoms with Crippen LogP contribution in [-0.4, -0.2) is 35.5 Å². The molecule has 0 aromatic carbocycles. The summed E-state index contributed by atoms with van der Waals surface area (Å²) in [6.07, 6.45) is 0. The number of nitrogens with two attached hydrogens (primary N) is 1. The summed E-state index contributed by atoms with van der Waals surface area (Å²) in [4.78, 5) is 2.39. The molecule has 72 valence electrons. The fourth-order valence-corrected chi connectivity index (χ4v) is 2.02. The summed E-state index contributed by atoms with van der Waals surface area (Å²) in [7, 11) is 0. The van der Waals surface area contributed by atoms with Gasteiger partial charge in [0.1, 0.15) is 5.00 Å². The van der Waals surface area contributed by atoms with E-state index in [1.807, 2.05) is 6.07 Å². The lowest BCUT2D eigenvalue weighted by atomic mass is 10.3. The molecule has 0 aliphatic carbocycles. The zero-order valence-corrected chi connectivity index (χ0v) is 8.31. The molecule has 1 aromatic rings. The maximum atomic E-state index is 5.61. The van der Waals surface area contributed by atoms with Crippen LogP contribution in [0.4, 0.5) is 5.00 Å². The zero-order chi connectivity index (χ0) is 9.10. The van der Waals surface area contributed by atoms with Crippen molar-refractivity contribution in [3.8, 4) is 0 Å². The normalized spacial score (nSPS) is 19.1. The highest BCUT2D eigenvalue weighted by Gasteiger charge is 2.10. The Morgan fingerprint density at radius 2 is 2.31 bits per heavy atom. The predicted molar refractivity (Wildman–Crippen MR) is 54.7 cm³/mol. The van der Waals surface area contributed by atoms with Crippen molar-refractivity contribution in [2.24, 2.45) is 0 Å². The molecule has 5 heteroatoms. The molecule has 1 saturated heterocycles. The van der Waals surface area contributed by atoms with Crippen molar-refractivity contribution >= 4 is 16.5 Å². The minimum atomic E-state index is 0.810. The summed E-state index contributed by atoms with van der Waals surface area (Å²) in [5.41, 5.74) is 6.71. The monoisotopic (exact) mass is 198 g/mol. The molecule has 1 aliphatic heterocycles. The third-order valence-corrected chi connectivity index (χ3v) is 2.83. The van der Waals surface area contributed by atoms with E-state index < -0.39 is 0 Å². The molecule has 0 bridgehead atoms. The molecule has 0 saturated carbocycles. The quantitative estimate of drug-likeness (QED) is 0.709. The van der Waals surface area contributed by atoms with Crippen molar-refractivity contribution in [3.05, 3.63) is 11.8 Å². The summed E-state index contributed by atoms with van der Waals surface area (Å²) >= 11 is 1.38. The lowest BCUT2D eigenvalue weighted by molar-refractivity contribution is 0.231. The molecular formula is C8H14N4S. The number of nitrogens with zero attached hydrogens (tertiary/aromatic N) is 2. The average Bonchev–Trinajstić information content (AvgIpc) is 2.53. The highest BCUT2D eigenvalue weighted by atomic mass is 32.1. The smallest absolute Gasteiger partial charge is 0.107 e. The fourth-order valence-electron chi connectivity index (χ4n) is 1.50. The van der Waals surface area contributed by atoms with E-state index in [4.69, 9.17) is 5.73 Å². The second kappa shape index (κ2) is 4.04. The van der Waals surface area contributed by atoms with Crippen LogP contribution in [0.15, 0.2) is 6.07 Å². The Morgan fingerprint density at radius 1 is 1.54 bits per heavy atom. The number of aromatic nitrogens is 1. The third-order valence-electron chi connectivity index (χ3n) is 2.17. The maximum absolute atomic E-state index is 5.61. The molecule has 0 spiro atoms. The van der Waals surface area contributed by atoms with Crippen LogP contribution in [0.3, 0.4) is 0 Å². The van der Waals surface area contributed by atoms with Gasteiger partial charge in [-0.15, -0.1) is 0 Å². The van der Waals surface area contributed by atoms with Crippen LogP contribution in [-0.2, 0) is 6.54 Å². The molecule has 4 nitrogen and oxygen atoms in total. The number of rotatable bonds is 2. The Morgan fingerprint density at radius 3 is 2.92 bits per heavy atom. The van der Waals surface area contributed by atoms with Gasteiger partial charge in [-0.05, 0) is 17.6 Å². The summed E-state index contributed by atoms with van der Waals surface area (Å²) in [6.45, 7) is 5.32. The molecule has 1 fully saturated rings. The third kappa shape index (κ3) is 2.40. The summed E-state index contributed by atoms with van der Waals surface area (Å²) in [5.74, 6) is 0. The topological polar surface area (TPSA) is 54.2 Å². The second-order valence-corrected chi connectivity index (χ2v) is 4.08. The minimum Gasteiger partial charge on any atom is -0.389 e. The SMILES string of the molecule is Nc1cc(CN2CCNCC2)ns1. The fraction of sp³-hybridized carbons (Fsp3) is 0.625. The Labute approximate surface area is 81.9 Å². The molecule has 2 rings (SSSR count). The number of anilines is 1. The van der Waals surface area contributed by atoms with Crippen molar-refractivity contribution in [2.75, 3.05) is 31.9 Å². The zero-order valence-electron chi connectivity index (χ0n) is 7.49. The Balaban J connectivity index is 1.89. The van der Waals surface area contributed by atoms with Crippen molar-refractivity contribution in [3.63, 3.8) is 0 Å². The number of hydrogen-bond acceptors (Lipinski definition) is 5. The number of nitrogens with one attached hydrogen (secondary N) is 1. The molecule has 1 aliphatic rings. The van der Waals surface area contributed by atoms with Crippen LogP contribution in [0.25, 0.3) is 0 Å². The summed E-state index contributed by atoms with van der Waals surface area (Å²) in [6, 6.07) is 1.96. The first kappa shape index (κ1) is 8.93. The van der Waals surface area contributed by atoms with Crippen LogP contribution < -0.4 is 11.1 Å². The average molecular weight is 198 g/mol. The van der Waals surface area contributed by atoms with Crippen molar-refractivity contribution < 1.29 is 0 Å². The largest absolute Gasteiger partial charge is 0.389 e. The van der Waals surface area contributed by atoms with Gasteiger partial charge in [0, 0.05) is 32.7 Å². The van der Waals surface area contributed by atoms with Crippen LogP contribution in [0.1, 0.15) is 5.69 Å². The Bertz CT molecular complexity index is 267. The van der Waals surface area contributed by atoms with E-state index in [-0.39, 0.29) is 0 Å². The van der Waals surface area contributed by atoms with E-state index in [1.165, 1.54) is 11.5 Å². The van der Waals surface area contributed by atoms with Crippen LogP contribution in [0.5, 0.6) is 0 Å². The first-order valence-electron chi connectivity index (χ1n) is 4.49. The molecule has 0 atom stereocenters. The highest BCUT2D eigenvalue weighted by molar-refractivity contribution is 7.10. The highest BCUT2D eigenvalue weighted by Crippen LogP contribution is 2.13. The number of hydrogen-bond donors (Lipinski definition) is 2. The van der Waals surface area contributed by atoms with E-state index >= 15 is 0 Å². The van der Waals surface area contributed by atoms with Crippen molar-refractivity contribution in [1.82, 2.24) is 14.6 Å². The van der Waals surface area contributed by atoms with Crippen LogP contribution >= 0.6 is 11.5 Å². The molecule has 0 unspecified atom stereocenters. The van der Waals surface area contributed by atoms with Gasteiger partial charge in [-0.2, -0.15) is 4.37 Å². The number of piperazine rings is 1. The molecule has 2 heterocycles. The summed E-state index contributed by atoms with van der Waals surface area (Å²) < 4.78 is 4.26. The van der Waals surface area contributed by atoms with E-state index in [1.54, 1.807) is 0 Å². The van der Waals surface area contributed by atoms with E-state index in [0.29, 0.717) is 0 Å². The predicted octanol–water partition coefficient (Wildman–Crippen LogP) is 0.130. The van der Waals surface area contributed by atoms with Gasteiger partial charge in [0.25, 0.3) is 0 Å². The van der Waals surface area contributed by atoms with Gasteiger partial charge in [0.05, 0.1) is 5.69 Å². The van der Waals surface area contributed by atoms with Crippen LogP contribution in [0.2, 0.25) is 0 Å². The van der Waals surface area contributed by atoms with Gasteiger partial charge in [0.15, 0.2) is 0 Å². The lowest BCUT2D eigenvalue weighted by Crippen LogP contribution is -2.42. The van der Waals surface area contributed by atoms with Gasteiger partial charge in [0.2, 0.25) is 0 Å². The van der Waals surface area contributed by atoms with E-state index in [2.05, 4.69) is 14.6 Å². The molecule has 13 heavy (non-hydrogen) atoms. The van der Waals surface area contributed by atoms with Gasteiger partial charge < -0.3 is 11.1 Å². The standard InChI is InChI=1S/C8H14N4S/c9-8-5-7(11-13-8)6-12-3-1-10-2-4-12/h5,10H,1-4,6,9H2. The van der Waals surface area contributed by atoms with Gasteiger partial charge in [-0.1, -0.05) is 0 Å². The molecule has 0 radical (unpaired) electrons. The first-order chi connectivity index (χ1) is 6.34.